The molecule has 0 unspecified atom stereocenters. The molecule has 1 aliphatic rings. The molecule has 6 heteroatoms. The number of aryl methyl sites for hydroxylation is 8. The Balaban J connectivity index is 1.76. The minimum Gasteiger partial charge on any atom is -0.0889 e. The first kappa shape index (κ1) is 32.4. The van der Waals surface area contributed by atoms with Gasteiger partial charge in [-0.1, -0.05) is 91.0 Å². The van der Waals surface area contributed by atoms with Crippen LogP contribution in [0.2, 0.25) is 0 Å². The lowest BCUT2D eigenvalue weighted by atomic mass is 10.1. The predicted octanol–water partition coefficient (Wildman–Crippen LogP) is 13.6. The number of fused-ring (bicyclic) bond motifs is 8. The Morgan fingerprint density at radius 3 is 0.619 bits per heavy atom. The Morgan fingerprint density at radius 2 is 0.429 bits per heavy atom. The first-order valence-electron chi connectivity index (χ1n) is 14.3. The largest absolute Gasteiger partial charge is 0.0889 e. The minimum atomic E-state index is 1.36. The van der Waals surface area contributed by atoms with Crippen LogP contribution in [0.5, 0.6) is 0 Å². The summed E-state index contributed by atoms with van der Waals surface area (Å²) in [4.78, 5) is 11.2. The third-order valence-electron chi connectivity index (χ3n) is 8.15. The molecule has 0 aromatic heterocycles. The van der Waals surface area contributed by atoms with Crippen LogP contribution >= 0.6 is 66.7 Å². The Morgan fingerprint density at radius 1 is 0.262 bits per heavy atom. The van der Waals surface area contributed by atoms with Gasteiger partial charge in [0.1, 0.15) is 0 Å². The van der Waals surface area contributed by atoms with Crippen LogP contribution in [0, 0.1) is 83.1 Å². The molecule has 4 aromatic rings. The Labute approximate surface area is 278 Å². The van der Waals surface area contributed by atoms with Crippen LogP contribution < -0.4 is 0 Å². The number of benzene rings is 4. The zero-order valence-corrected chi connectivity index (χ0v) is 31.7. The predicted molar refractivity (Wildman–Crippen MR) is 194 cm³/mol. The van der Waals surface area contributed by atoms with Crippen molar-refractivity contribution in [3.8, 4) is 0 Å². The molecule has 8 bridgehead atoms. The molecule has 220 valence electrons. The molecule has 0 saturated carbocycles. The Hall–Kier alpha value is -1.02. The van der Waals surface area contributed by atoms with Crippen LogP contribution in [0.1, 0.15) is 66.8 Å². The van der Waals surface area contributed by atoms with Gasteiger partial charge in [0.2, 0.25) is 0 Å². The zero-order chi connectivity index (χ0) is 30.6. The van der Waals surface area contributed by atoms with Crippen molar-refractivity contribution in [1.82, 2.24) is 0 Å². The molecule has 4 aromatic carbocycles. The zero-order valence-electron chi connectivity index (χ0n) is 26.8. The Kier molecular flexibility index (Phi) is 9.84. The first-order valence-corrected chi connectivity index (χ1v) is 20.2. The second-order valence-electron chi connectivity index (χ2n) is 11.7. The summed E-state index contributed by atoms with van der Waals surface area (Å²) in [6, 6.07) is 9.55. The molecule has 0 saturated heterocycles. The first-order chi connectivity index (χ1) is 19.8. The van der Waals surface area contributed by atoms with Crippen LogP contribution in [0.25, 0.3) is 0 Å². The summed E-state index contributed by atoms with van der Waals surface area (Å²) in [5.41, 5.74) is 16.5. The van der Waals surface area contributed by atoms with Gasteiger partial charge in [0.05, 0.1) is 0 Å². The van der Waals surface area contributed by atoms with E-state index in [0.717, 1.165) is 0 Å². The quantitative estimate of drug-likeness (QED) is 0.170. The van der Waals surface area contributed by atoms with E-state index in [-0.39, 0.29) is 0 Å². The number of hydrogen-bond acceptors (Lipinski definition) is 6. The Bertz CT molecular complexity index is 1490. The van der Waals surface area contributed by atoms with Gasteiger partial charge in [-0.3, -0.25) is 0 Å². The molecule has 42 heavy (non-hydrogen) atoms. The van der Waals surface area contributed by atoms with Crippen molar-refractivity contribution in [2.75, 3.05) is 0 Å². The molecule has 0 N–H and O–H groups in total. The van der Waals surface area contributed by atoms with Crippen LogP contribution in [0.4, 0.5) is 0 Å². The average molecular weight is 665 g/mol. The molecule has 0 nitrogen and oxygen atoms in total. The molecule has 1 aliphatic heterocycles. The van der Waals surface area contributed by atoms with Crippen LogP contribution in [-0.4, -0.2) is 0 Å². The third kappa shape index (κ3) is 5.98. The molecule has 0 aliphatic carbocycles. The van der Waals surface area contributed by atoms with Gasteiger partial charge in [-0.25, -0.2) is 0 Å². The summed E-state index contributed by atoms with van der Waals surface area (Å²) in [7, 11) is 7.73. The fourth-order valence-electron chi connectivity index (χ4n) is 6.11. The van der Waals surface area contributed by atoms with E-state index in [9.17, 15) is 0 Å². The van der Waals surface area contributed by atoms with E-state index in [1.165, 1.54) is 106 Å². The van der Waals surface area contributed by atoms with Gasteiger partial charge in [0.25, 0.3) is 0 Å². The van der Waals surface area contributed by atoms with Gasteiger partial charge in [0.15, 0.2) is 0 Å². The monoisotopic (exact) mass is 664 g/mol. The van der Waals surface area contributed by atoms with E-state index in [2.05, 4.69) is 107 Å². The lowest BCUT2D eigenvalue weighted by Gasteiger charge is -2.23. The van der Waals surface area contributed by atoms with Crippen molar-refractivity contribution in [3.05, 3.63) is 91.0 Å². The summed E-state index contributed by atoms with van der Waals surface area (Å²) >= 11 is 3.93. The minimum absolute atomic E-state index is 1.36. The SMILES string of the molecule is Cc1cc(C)c2c(C)c1SSc1c(C)cc(C)c(c1C)Sc1c(C)cc(C)c(c1C)SSc1c(C)cc(C)c(c1C)S2. The van der Waals surface area contributed by atoms with E-state index < -0.39 is 0 Å². The maximum absolute atomic E-state index is 2.39. The fourth-order valence-corrected chi connectivity index (χ4v) is 14.8. The van der Waals surface area contributed by atoms with Crippen molar-refractivity contribution in [2.24, 2.45) is 0 Å². The second kappa shape index (κ2) is 12.8. The van der Waals surface area contributed by atoms with Gasteiger partial charge in [-0.05, 0) is 150 Å². The molecule has 0 radical (unpaired) electrons. The average Bonchev–Trinajstić information content (AvgIpc) is 2.89. The summed E-state index contributed by atoms with van der Waals surface area (Å²) in [5.74, 6) is 0. The highest BCUT2D eigenvalue weighted by Gasteiger charge is 2.22. The molecule has 5 rings (SSSR count). The summed E-state index contributed by atoms with van der Waals surface area (Å²) < 4.78 is 0. The highest BCUT2D eigenvalue weighted by molar-refractivity contribution is 8.77. The van der Waals surface area contributed by atoms with E-state index in [1.807, 2.05) is 66.7 Å². The topological polar surface area (TPSA) is 0 Å². The van der Waals surface area contributed by atoms with Crippen molar-refractivity contribution >= 4 is 66.7 Å². The maximum atomic E-state index is 2.39. The summed E-state index contributed by atoms with van der Waals surface area (Å²) in [5, 5.41) is 0. The number of rotatable bonds is 0. The van der Waals surface area contributed by atoms with Crippen molar-refractivity contribution in [1.29, 1.82) is 0 Å². The standard InChI is InChI=1S/C36H40S6/c1-17-13-21(5)33-25(9)29(17)37-30-18(2)14-22(6)34(26(30)10)41-42-36-24(8)16-20(4)32(28(36)12)38-31-19(3)15-23(7)35(27(31)11)40-39-33/h13-16H,1-12H3. The lowest BCUT2D eigenvalue weighted by Crippen LogP contribution is -1.98. The molecular weight excluding hydrogens is 625 g/mol. The molecule has 0 spiro atoms. The van der Waals surface area contributed by atoms with Crippen molar-refractivity contribution < 1.29 is 0 Å². The van der Waals surface area contributed by atoms with Gasteiger partial charge < -0.3 is 0 Å². The van der Waals surface area contributed by atoms with Gasteiger partial charge in [-0.15, -0.1) is 0 Å². The van der Waals surface area contributed by atoms with E-state index >= 15 is 0 Å². The van der Waals surface area contributed by atoms with E-state index in [0.29, 0.717) is 0 Å². The highest BCUT2D eigenvalue weighted by Crippen LogP contribution is 2.53. The summed E-state index contributed by atoms with van der Waals surface area (Å²) in [6.07, 6.45) is 0. The van der Waals surface area contributed by atoms with Crippen LogP contribution in [-0.2, 0) is 0 Å². The molecule has 0 amide bonds. The molecule has 0 fully saturated rings. The van der Waals surface area contributed by atoms with Crippen LogP contribution in [0.15, 0.2) is 63.4 Å². The smallest absolute Gasteiger partial charge is 0.0256 e. The van der Waals surface area contributed by atoms with E-state index in [4.69, 9.17) is 0 Å². The molecule has 1 heterocycles. The van der Waals surface area contributed by atoms with Crippen molar-refractivity contribution in [2.45, 2.75) is 122 Å². The van der Waals surface area contributed by atoms with Gasteiger partial charge in [-0.2, -0.15) is 0 Å². The van der Waals surface area contributed by atoms with Crippen LogP contribution in [0.3, 0.4) is 0 Å². The molecular formula is C36H40S6. The van der Waals surface area contributed by atoms with E-state index in [1.54, 1.807) is 0 Å². The fraction of sp³-hybridized carbons (Fsp3) is 0.333. The highest BCUT2D eigenvalue weighted by atomic mass is 33.1. The molecule has 0 atom stereocenters. The van der Waals surface area contributed by atoms with Gasteiger partial charge >= 0.3 is 0 Å². The third-order valence-corrected chi connectivity index (χ3v) is 17.3. The summed E-state index contributed by atoms with van der Waals surface area (Å²) in [6.45, 7) is 27.5. The lowest BCUT2D eigenvalue weighted by molar-refractivity contribution is 1.07. The number of hydrogen-bond donors (Lipinski definition) is 0. The second-order valence-corrected chi connectivity index (χ2v) is 18.1. The van der Waals surface area contributed by atoms with Gasteiger partial charge in [0, 0.05) is 39.2 Å². The normalized spacial score (nSPS) is 13.6. The maximum Gasteiger partial charge on any atom is 0.0256 e. The van der Waals surface area contributed by atoms with Crippen molar-refractivity contribution in [3.63, 3.8) is 0 Å².